The second-order valence-corrected chi connectivity index (χ2v) is 10.1. The van der Waals surface area contributed by atoms with Crippen LogP contribution in [0.15, 0.2) is 51.6 Å². The van der Waals surface area contributed by atoms with Gasteiger partial charge < -0.3 is 30.4 Å². The molecule has 0 spiro atoms. The van der Waals surface area contributed by atoms with E-state index >= 15 is 0 Å². The van der Waals surface area contributed by atoms with E-state index in [0.29, 0.717) is 35.0 Å². The van der Waals surface area contributed by atoms with Gasteiger partial charge >= 0.3 is 0 Å². The number of aliphatic imine (C=N–C) groups is 1. The molecule has 13 heteroatoms. The predicted octanol–water partition coefficient (Wildman–Crippen LogP) is 2.66. The van der Waals surface area contributed by atoms with E-state index in [-0.39, 0.29) is 47.2 Å². The van der Waals surface area contributed by atoms with Crippen LogP contribution in [0.25, 0.3) is 10.9 Å². The normalized spacial score (nSPS) is 13.7. The molecule has 0 bridgehead atoms. The van der Waals surface area contributed by atoms with E-state index in [1.54, 1.807) is 23.6 Å². The highest BCUT2D eigenvalue weighted by Crippen LogP contribution is 2.32. The van der Waals surface area contributed by atoms with Gasteiger partial charge in [-0.05, 0) is 42.3 Å². The molecule has 4 heterocycles. The Hall–Kier alpha value is -5.04. The van der Waals surface area contributed by atoms with Crippen molar-refractivity contribution in [3.05, 3.63) is 74.0 Å². The lowest BCUT2D eigenvalue weighted by Crippen LogP contribution is -2.28. The zero-order valence-corrected chi connectivity index (χ0v) is 21.9. The van der Waals surface area contributed by atoms with E-state index in [1.165, 1.54) is 0 Å². The fraction of sp³-hybridized carbons (Fsp3) is 0.185. The summed E-state index contributed by atoms with van der Waals surface area (Å²) in [6.07, 6.45) is 0. The Morgan fingerprint density at radius 3 is 2.52 bits per heavy atom. The van der Waals surface area contributed by atoms with Crippen LogP contribution < -0.4 is 31.0 Å². The average Bonchev–Trinajstić information content (AvgIpc) is 3.39. The van der Waals surface area contributed by atoms with Crippen molar-refractivity contribution in [2.24, 2.45) is 4.99 Å². The van der Waals surface area contributed by atoms with Crippen molar-refractivity contribution >= 4 is 57.0 Å². The van der Waals surface area contributed by atoms with Gasteiger partial charge in [0.15, 0.2) is 12.4 Å². The summed E-state index contributed by atoms with van der Waals surface area (Å²) in [7, 11) is 0. The molecule has 0 atom stereocenters. The third-order valence-electron chi connectivity index (χ3n) is 6.24. The predicted molar refractivity (Wildman–Crippen MR) is 148 cm³/mol. The molecule has 0 aliphatic carbocycles. The largest absolute Gasteiger partial charge is 0.485 e. The lowest BCUT2D eigenvalue weighted by atomic mass is 10.1. The van der Waals surface area contributed by atoms with E-state index in [4.69, 9.17) is 9.47 Å². The Labute approximate surface area is 230 Å². The van der Waals surface area contributed by atoms with Crippen molar-refractivity contribution in [1.29, 1.82) is 0 Å². The maximum Gasteiger partial charge on any atom is 0.287 e. The number of ether oxygens (including phenoxy) is 2. The first kappa shape index (κ1) is 25.2. The highest BCUT2D eigenvalue weighted by Gasteiger charge is 2.21. The van der Waals surface area contributed by atoms with Gasteiger partial charge in [-0.2, -0.15) is 0 Å². The number of hydrogen-bond acceptors (Lipinski definition) is 9. The summed E-state index contributed by atoms with van der Waals surface area (Å²) in [5.74, 6) is -0.224. The van der Waals surface area contributed by atoms with Gasteiger partial charge in [-0.1, -0.05) is 12.1 Å². The fourth-order valence-corrected chi connectivity index (χ4v) is 5.21. The van der Waals surface area contributed by atoms with Crippen LogP contribution in [0.1, 0.15) is 38.3 Å². The number of carbonyl (C=O) groups excluding carboxylic acids is 3. The van der Waals surface area contributed by atoms with Gasteiger partial charge in [-0.25, -0.2) is 4.98 Å². The van der Waals surface area contributed by atoms with E-state index in [0.717, 1.165) is 22.6 Å². The number of hydrogen-bond donors (Lipinski definition) is 4. The van der Waals surface area contributed by atoms with E-state index in [1.807, 2.05) is 25.1 Å². The number of nitrogens with one attached hydrogen (secondary N) is 4. The number of nitrogens with zero attached hydrogens (tertiary/aromatic N) is 2. The maximum atomic E-state index is 12.9. The summed E-state index contributed by atoms with van der Waals surface area (Å²) in [6.45, 7) is 2.64. The van der Waals surface area contributed by atoms with E-state index in [2.05, 4.69) is 30.9 Å². The minimum absolute atomic E-state index is 0.0454. The summed E-state index contributed by atoms with van der Waals surface area (Å²) in [4.78, 5) is 61.5. The fourth-order valence-electron chi connectivity index (χ4n) is 4.31. The van der Waals surface area contributed by atoms with Crippen LogP contribution in [0.3, 0.4) is 0 Å². The lowest BCUT2D eigenvalue weighted by molar-refractivity contribution is -0.118. The Bertz CT molecular complexity index is 1790. The molecule has 2 aromatic heterocycles. The molecule has 4 aromatic rings. The first-order valence-corrected chi connectivity index (χ1v) is 13.2. The first-order chi connectivity index (χ1) is 19.3. The highest BCUT2D eigenvalue weighted by molar-refractivity contribution is 7.13. The lowest BCUT2D eigenvalue weighted by Gasteiger charge is -2.18. The molecular formula is C27H22N6O6S. The van der Waals surface area contributed by atoms with Crippen molar-refractivity contribution in [3.8, 4) is 11.5 Å². The van der Waals surface area contributed by atoms with E-state index in [9.17, 15) is 19.2 Å². The zero-order chi connectivity index (χ0) is 27.8. The molecule has 3 amide bonds. The topological polar surface area (TPSA) is 164 Å². The number of amides is 3. The molecule has 40 heavy (non-hydrogen) atoms. The molecule has 202 valence electrons. The highest BCUT2D eigenvalue weighted by atomic mass is 32.1. The van der Waals surface area contributed by atoms with Gasteiger partial charge in [0.25, 0.3) is 23.3 Å². The first-order valence-electron chi connectivity index (χ1n) is 12.3. The van der Waals surface area contributed by atoms with E-state index < -0.39 is 17.4 Å². The molecule has 6 rings (SSSR count). The molecule has 2 aromatic carbocycles. The number of fused-ring (bicyclic) bond motifs is 3. The van der Waals surface area contributed by atoms with Gasteiger partial charge in [0.1, 0.15) is 28.7 Å². The summed E-state index contributed by atoms with van der Waals surface area (Å²) >= 11 is 1.07. The number of rotatable bonds is 6. The second kappa shape index (κ2) is 10.3. The number of carbonyl (C=O) groups is 3. The van der Waals surface area contributed by atoms with Gasteiger partial charge in [0.2, 0.25) is 0 Å². The van der Waals surface area contributed by atoms with Gasteiger partial charge in [-0.15, -0.1) is 11.3 Å². The van der Waals surface area contributed by atoms with Crippen LogP contribution in [-0.4, -0.2) is 46.6 Å². The van der Waals surface area contributed by atoms with Crippen molar-refractivity contribution < 1.29 is 23.9 Å². The Balaban J connectivity index is 1.13. The Morgan fingerprint density at radius 2 is 1.70 bits per heavy atom. The summed E-state index contributed by atoms with van der Waals surface area (Å²) < 4.78 is 10.9. The third-order valence-corrected chi connectivity index (χ3v) is 7.20. The zero-order valence-electron chi connectivity index (χ0n) is 21.1. The molecule has 4 N–H and O–H groups in total. The summed E-state index contributed by atoms with van der Waals surface area (Å²) in [5, 5.41) is 9.92. The second-order valence-electron chi connectivity index (χ2n) is 9.21. The van der Waals surface area contributed by atoms with Crippen LogP contribution in [0.2, 0.25) is 0 Å². The number of aromatic nitrogens is 2. The van der Waals surface area contributed by atoms with Gasteiger partial charge in [-0.3, -0.25) is 24.2 Å². The molecule has 0 saturated carbocycles. The monoisotopic (exact) mass is 558 g/mol. The molecule has 0 radical (unpaired) electrons. The van der Waals surface area contributed by atoms with Crippen LogP contribution in [0.5, 0.6) is 11.5 Å². The molecule has 0 unspecified atom stereocenters. The Kier molecular flexibility index (Phi) is 6.48. The van der Waals surface area contributed by atoms with Crippen LogP contribution in [-0.2, 0) is 17.9 Å². The number of H-pyrrole nitrogens is 1. The molecule has 12 nitrogen and oxygen atoms in total. The molecule has 2 aliphatic heterocycles. The SMILES string of the molecule is CC1=Nc2cc(CNC(=O)c3scc4nc(C(=O)NCc5ccc6c(c5)NC(=O)CO6)[nH]c(=O)c34)ccc2OC1. The van der Waals surface area contributed by atoms with Crippen LogP contribution >= 0.6 is 11.3 Å². The number of thiophene rings is 1. The number of aromatic amines is 1. The third kappa shape index (κ3) is 5.01. The Morgan fingerprint density at radius 1 is 0.975 bits per heavy atom. The van der Waals surface area contributed by atoms with Crippen molar-refractivity contribution in [1.82, 2.24) is 20.6 Å². The summed E-state index contributed by atoms with van der Waals surface area (Å²) in [6, 6.07) is 10.7. The van der Waals surface area contributed by atoms with Crippen molar-refractivity contribution in [2.45, 2.75) is 20.0 Å². The quantitative estimate of drug-likeness (QED) is 0.283. The maximum absolute atomic E-state index is 12.9. The average molecular weight is 559 g/mol. The minimum atomic E-state index is -0.594. The van der Waals surface area contributed by atoms with Crippen molar-refractivity contribution in [3.63, 3.8) is 0 Å². The van der Waals surface area contributed by atoms with Gasteiger partial charge in [0.05, 0.1) is 22.3 Å². The van der Waals surface area contributed by atoms with Crippen LogP contribution in [0, 0.1) is 0 Å². The van der Waals surface area contributed by atoms with Crippen LogP contribution in [0.4, 0.5) is 11.4 Å². The molecule has 2 aliphatic rings. The standard InChI is InChI=1S/C27H22N6O6S/c1-13-10-38-19-4-2-14(6-16(19)30-13)8-28-26(36)23-22-18(12-40-23)32-24(33-25(22)35)27(37)29-9-15-3-5-20-17(7-15)31-21(34)11-39-20/h2-7,12H,8-11H2,1H3,(H,28,36)(H,29,37)(H,31,34)(H,32,33,35). The molecule has 0 fully saturated rings. The smallest absolute Gasteiger partial charge is 0.287 e. The number of benzene rings is 2. The molecule has 0 saturated heterocycles. The molecular weight excluding hydrogens is 536 g/mol. The minimum Gasteiger partial charge on any atom is -0.485 e. The summed E-state index contributed by atoms with van der Waals surface area (Å²) in [5.41, 5.74) is 3.28. The number of anilines is 1. The van der Waals surface area contributed by atoms with Gasteiger partial charge in [0, 0.05) is 18.5 Å². The van der Waals surface area contributed by atoms with Crippen molar-refractivity contribution in [2.75, 3.05) is 18.5 Å².